The molecule has 1 aromatic rings. The predicted molar refractivity (Wildman–Crippen MR) is 77.7 cm³/mol. The molecule has 0 bridgehead atoms. The third-order valence-corrected chi connectivity index (χ3v) is 3.41. The van der Waals surface area contributed by atoms with Crippen molar-refractivity contribution in [3.63, 3.8) is 0 Å². The van der Waals surface area contributed by atoms with E-state index >= 15 is 0 Å². The lowest BCUT2D eigenvalue weighted by Gasteiger charge is -2.25. The number of ether oxygens (including phenoxy) is 2. The van der Waals surface area contributed by atoms with E-state index in [9.17, 15) is 4.79 Å². The fourth-order valence-corrected chi connectivity index (χ4v) is 2.09. The zero-order valence-electron chi connectivity index (χ0n) is 12.0. The summed E-state index contributed by atoms with van der Waals surface area (Å²) in [6.07, 6.45) is 3.87. The lowest BCUT2D eigenvalue weighted by Crippen LogP contribution is -2.45. The number of pyridine rings is 1. The van der Waals surface area contributed by atoms with Crippen molar-refractivity contribution in [2.75, 3.05) is 33.4 Å². The van der Waals surface area contributed by atoms with Gasteiger partial charge in [0.1, 0.15) is 5.60 Å². The second-order valence-corrected chi connectivity index (χ2v) is 4.84. The summed E-state index contributed by atoms with van der Waals surface area (Å²) in [6.45, 7) is 1.81. The van der Waals surface area contributed by atoms with Gasteiger partial charge in [-0.3, -0.25) is 9.78 Å². The van der Waals surface area contributed by atoms with Crippen molar-refractivity contribution in [2.45, 2.75) is 12.0 Å². The summed E-state index contributed by atoms with van der Waals surface area (Å²) in [5.41, 5.74) is 6.02. The number of carbonyl (C=O) groups is 1. The third kappa shape index (κ3) is 4.02. The van der Waals surface area contributed by atoms with Gasteiger partial charge in [0.15, 0.2) is 0 Å². The molecule has 1 atom stereocenters. The Kier molecular flexibility index (Phi) is 5.28. The van der Waals surface area contributed by atoms with Gasteiger partial charge in [-0.1, -0.05) is 11.8 Å². The van der Waals surface area contributed by atoms with E-state index < -0.39 is 5.60 Å². The van der Waals surface area contributed by atoms with Crippen molar-refractivity contribution in [1.82, 2.24) is 10.3 Å². The number of hydrogen-bond donors (Lipinski definition) is 2. The number of hydrogen-bond acceptors (Lipinski definition) is 5. The molecule has 2 rings (SSSR count). The van der Waals surface area contributed by atoms with E-state index in [-0.39, 0.29) is 12.5 Å². The highest BCUT2D eigenvalue weighted by Gasteiger charge is 2.35. The zero-order valence-corrected chi connectivity index (χ0v) is 12.0. The van der Waals surface area contributed by atoms with Gasteiger partial charge in [0, 0.05) is 44.6 Å². The first-order valence-corrected chi connectivity index (χ1v) is 6.74. The predicted octanol–water partition coefficient (Wildman–Crippen LogP) is -0.0729. The number of nitrogens with zero attached hydrogens (tertiary/aromatic N) is 1. The van der Waals surface area contributed by atoms with Crippen LogP contribution in [0.5, 0.6) is 0 Å². The van der Waals surface area contributed by atoms with Crippen molar-refractivity contribution < 1.29 is 14.3 Å². The molecule has 6 heteroatoms. The summed E-state index contributed by atoms with van der Waals surface area (Å²) in [5.74, 6) is 5.38. The second kappa shape index (κ2) is 7.18. The smallest absolute Gasteiger partial charge is 0.252 e. The van der Waals surface area contributed by atoms with Gasteiger partial charge in [-0.05, 0) is 6.07 Å². The first kappa shape index (κ1) is 15.4. The Bertz CT molecular complexity index is 557. The minimum absolute atomic E-state index is 0.206. The standard InChI is InChI=1S/C15H19N3O3/c1-20-15(4-6-21-11-15)10-18-14(19)13-7-12(3-2-5-16)8-17-9-13/h7-9H,4-6,10-11,16H2,1H3,(H,18,19). The number of nitrogens with two attached hydrogens (primary N) is 1. The molecule has 0 spiro atoms. The van der Waals surface area contributed by atoms with Gasteiger partial charge in [0.2, 0.25) is 0 Å². The summed E-state index contributed by atoms with van der Waals surface area (Å²) >= 11 is 0. The largest absolute Gasteiger partial charge is 0.378 e. The number of carbonyl (C=O) groups excluding carboxylic acids is 1. The monoisotopic (exact) mass is 289 g/mol. The van der Waals surface area contributed by atoms with E-state index in [1.165, 1.54) is 6.20 Å². The Balaban J connectivity index is 2.00. The van der Waals surface area contributed by atoms with E-state index in [4.69, 9.17) is 15.2 Å². The first-order valence-electron chi connectivity index (χ1n) is 6.74. The molecule has 0 saturated carbocycles. The SMILES string of the molecule is COC1(CNC(=O)c2cncc(C#CCN)c2)CCOC1. The maximum absolute atomic E-state index is 12.2. The third-order valence-electron chi connectivity index (χ3n) is 3.41. The summed E-state index contributed by atoms with van der Waals surface area (Å²) in [7, 11) is 1.63. The van der Waals surface area contributed by atoms with Crippen LogP contribution in [-0.4, -0.2) is 49.9 Å². The van der Waals surface area contributed by atoms with Crippen LogP contribution in [0.15, 0.2) is 18.5 Å². The number of methoxy groups -OCH3 is 1. The summed E-state index contributed by atoms with van der Waals surface area (Å²) in [4.78, 5) is 16.2. The van der Waals surface area contributed by atoms with Crippen LogP contribution in [0.3, 0.4) is 0 Å². The number of amides is 1. The Morgan fingerprint density at radius 2 is 2.48 bits per heavy atom. The van der Waals surface area contributed by atoms with Gasteiger partial charge in [-0.15, -0.1) is 0 Å². The Morgan fingerprint density at radius 1 is 1.62 bits per heavy atom. The van der Waals surface area contributed by atoms with Crippen LogP contribution < -0.4 is 11.1 Å². The van der Waals surface area contributed by atoms with Crippen LogP contribution in [-0.2, 0) is 9.47 Å². The first-order chi connectivity index (χ1) is 10.2. The van der Waals surface area contributed by atoms with Crippen LogP contribution in [0.25, 0.3) is 0 Å². The van der Waals surface area contributed by atoms with Gasteiger partial charge in [-0.25, -0.2) is 0 Å². The molecule has 6 nitrogen and oxygen atoms in total. The van der Waals surface area contributed by atoms with Gasteiger partial charge in [-0.2, -0.15) is 0 Å². The maximum Gasteiger partial charge on any atom is 0.252 e. The quantitative estimate of drug-likeness (QED) is 0.758. The topological polar surface area (TPSA) is 86.5 Å². The molecule has 0 radical (unpaired) electrons. The molecule has 1 amide bonds. The van der Waals surface area contributed by atoms with Crippen LogP contribution in [0.2, 0.25) is 0 Å². The lowest BCUT2D eigenvalue weighted by molar-refractivity contribution is -0.0148. The van der Waals surface area contributed by atoms with Crippen LogP contribution in [0, 0.1) is 11.8 Å². The zero-order chi connectivity index (χ0) is 15.1. The Morgan fingerprint density at radius 3 is 3.14 bits per heavy atom. The average molecular weight is 289 g/mol. The van der Waals surface area contributed by atoms with Gasteiger partial charge < -0.3 is 20.5 Å². The molecule has 1 aliphatic heterocycles. The van der Waals surface area contributed by atoms with E-state index in [0.717, 1.165) is 6.42 Å². The number of nitrogens with one attached hydrogen (secondary N) is 1. The van der Waals surface area contributed by atoms with Crippen molar-refractivity contribution >= 4 is 5.91 Å². The van der Waals surface area contributed by atoms with Crippen molar-refractivity contribution in [2.24, 2.45) is 5.73 Å². The highest BCUT2D eigenvalue weighted by atomic mass is 16.5. The molecule has 2 heterocycles. The molecule has 1 unspecified atom stereocenters. The normalized spacial score (nSPS) is 20.7. The fraction of sp³-hybridized carbons (Fsp3) is 0.467. The van der Waals surface area contributed by atoms with Crippen molar-refractivity contribution in [3.8, 4) is 11.8 Å². The van der Waals surface area contributed by atoms with E-state index in [1.807, 2.05) is 0 Å². The number of rotatable bonds is 4. The maximum atomic E-state index is 12.2. The average Bonchev–Trinajstić information content (AvgIpc) is 3.00. The summed E-state index contributed by atoms with van der Waals surface area (Å²) in [6, 6.07) is 1.69. The van der Waals surface area contributed by atoms with E-state index in [1.54, 1.807) is 19.4 Å². The highest BCUT2D eigenvalue weighted by Crippen LogP contribution is 2.21. The summed E-state index contributed by atoms with van der Waals surface area (Å²) in [5, 5.41) is 2.86. The molecule has 0 aliphatic carbocycles. The van der Waals surface area contributed by atoms with E-state index in [2.05, 4.69) is 22.1 Å². The number of aromatic nitrogens is 1. The molecule has 1 fully saturated rings. The van der Waals surface area contributed by atoms with Crippen molar-refractivity contribution in [1.29, 1.82) is 0 Å². The van der Waals surface area contributed by atoms with Crippen LogP contribution in [0.1, 0.15) is 22.3 Å². The second-order valence-electron chi connectivity index (χ2n) is 4.84. The van der Waals surface area contributed by atoms with Crippen molar-refractivity contribution in [3.05, 3.63) is 29.6 Å². The minimum atomic E-state index is -0.431. The molecule has 0 aromatic carbocycles. The highest BCUT2D eigenvalue weighted by molar-refractivity contribution is 5.94. The fourth-order valence-electron chi connectivity index (χ4n) is 2.09. The van der Waals surface area contributed by atoms with E-state index in [0.29, 0.717) is 30.9 Å². The van der Waals surface area contributed by atoms with Gasteiger partial charge >= 0.3 is 0 Å². The van der Waals surface area contributed by atoms with Gasteiger partial charge in [0.05, 0.1) is 18.7 Å². The molecule has 3 N–H and O–H groups in total. The molecular formula is C15H19N3O3. The lowest BCUT2D eigenvalue weighted by atomic mass is 10.0. The molecule has 1 aliphatic rings. The van der Waals surface area contributed by atoms with Gasteiger partial charge in [0.25, 0.3) is 5.91 Å². The molecule has 112 valence electrons. The Labute approximate surface area is 124 Å². The minimum Gasteiger partial charge on any atom is -0.378 e. The molecule has 1 saturated heterocycles. The molecule has 21 heavy (non-hydrogen) atoms. The Hall–Kier alpha value is -1.94. The van der Waals surface area contributed by atoms with Crippen LogP contribution in [0.4, 0.5) is 0 Å². The van der Waals surface area contributed by atoms with Crippen LogP contribution >= 0.6 is 0 Å². The summed E-state index contributed by atoms with van der Waals surface area (Å²) < 4.78 is 10.8. The molecular weight excluding hydrogens is 270 g/mol. The molecule has 1 aromatic heterocycles.